The molecule has 1 saturated carbocycles. The topological polar surface area (TPSA) is 123 Å². The first-order chi connectivity index (χ1) is 18.3. The van der Waals surface area contributed by atoms with Gasteiger partial charge < -0.3 is 15.0 Å². The van der Waals surface area contributed by atoms with Crippen LogP contribution in [0.2, 0.25) is 0 Å². The number of ether oxygens (including phenoxy) is 1. The molecule has 11 heteroatoms. The van der Waals surface area contributed by atoms with Crippen LogP contribution < -0.4 is 10.6 Å². The lowest BCUT2D eigenvalue weighted by Crippen LogP contribution is -2.52. The third kappa shape index (κ3) is 4.07. The van der Waals surface area contributed by atoms with E-state index >= 15 is 4.39 Å². The van der Waals surface area contributed by atoms with Crippen LogP contribution in [-0.2, 0) is 27.4 Å². The largest absolute Gasteiger partial charge is 0.446 e. The summed E-state index contributed by atoms with van der Waals surface area (Å²) in [6.45, 7) is 1.97. The Balaban J connectivity index is 1.04. The minimum absolute atomic E-state index is 0.0843. The monoisotopic (exact) mass is 519 g/mol. The summed E-state index contributed by atoms with van der Waals surface area (Å²) in [5, 5.41) is 10.4. The summed E-state index contributed by atoms with van der Waals surface area (Å²) in [5.74, 6) is -2.27. The molecule has 2 N–H and O–H groups in total. The lowest BCUT2D eigenvalue weighted by molar-refractivity contribution is -0.136. The second-order valence-electron chi connectivity index (χ2n) is 10.1. The number of amides is 4. The van der Waals surface area contributed by atoms with Crippen LogP contribution in [0.15, 0.2) is 36.5 Å². The van der Waals surface area contributed by atoms with Crippen molar-refractivity contribution in [3.8, 4) is 0 Å². The Morgan fingerprint density at radius 2 is 2.03 bits per heavy atom. The summed E-state index contributed by atoms with van der Waals surface area (Å²) in [6, 6.07) is 8.51. The van der Waals surface area contributed by atoms with Gasteiger partial charge in [0.25, 0.3) is 5.91 Å². The maximum absolute atomic E-state index is 15.3. The first-order valence-corrected chi connectivity index (χ1v) is 12.6. The number of alkyl carbamates (subject to hydrolysis) is 1. The van der Waals surface area contributed by atoms with Crippen molar-refractivity contribution in [3.05, 3.63) is 64.6 Å². The number of halogens is 1. The third-order valence-corrected chi connectivity index (χ3v) is 7.64. The van der Waals surface area contributed by atoms with Gasteiger partial charge in [-0.05, 0) is 24.5 Å². The predicted octanol–water partition coefficient (Wildman–Crippen LogP) is 2.87. The van der Waals surface area contributed by atoms with Crippen LogP contribution >= 0.6 is 0 Å². The zero-order chi connectivity index (χ0) is 26.6. The van der Waals surface area contributed by atoms with Gasteiger partial charge in [-0.3, -0.25) is 24.4 Å². The molecule has 2 aliphatic heterocycles. The van der Waals surface area contributed by atoms with Crippen LogP contribution in [0.5, 0.6) is 0 Å². The summed E-state index contributed by atoms with van der Waals surface area (Å²) >= 11 is 0. The molecule has 2 fully saturated rings. The number of piperidine rings is 1. The molecular weight excluding hydrogens is 493 g/mol. The van der Waals surface area contributed by atoms with Gasteiger partial charge in [0.1, 0.15) is 18.0 Å². The molecule has 38 heavy (non-hydrogen) atoms. The van der Waals surface area contributed by atoms with Gasteiger partial charge in [-0.25, -0.2) is 9.18 Å². The first-order valence-electron chi connectivity index (χ1n) is 12.6. The maximum Gasteiger partial charge on any atom is 0.407 e. The average molecular weight is 520 g/mol. The van der Waals surface area contributed by atoms with E-state index < -0.39 is 29.8 Å². The highest BCUT2D eigenvalue weighted by atomic mass is 19.1. The molecule has 1 saturated heterocycles. The molecule has 10 nitrogen and oxygen atoms in total. The zero-order valence-electron chi connectivity index (χ0n) is 20.7. The van der Waals surface area contributed by atoms with Crippen molar-refractivity contribution in [3.63, 3.8) is 0 Å². The van der Waals surface area contributed by atoms with Crippen molar-refractivity contribution < 1.29 is 28.3 Å². The van der Waals surface area contributed by atoms with Crippen LogP contribution in [0.3, 0.4) is 0 Å². The van der Waals surface area contributed by atoms with Crippen molar-refractivity contribution in [2.45, 2.75) is 63.9 Å². The second kappa shape index (κ2) is 9.23. The molecule has 0 spiro atoms. The third-order valence-electron chi connectivity index (χ3n) is 7.64. The molecule has 3 aromatic rings. The number of aryl methyl sites for hydroxylation is 1. The predicted molar refractivity (Wildman–Crippen MR) is 132 cm³/mol. The van der Waals surface area contributed by atoms with Gasteiger partial charge in [0.15, 0.2) is 0 Å². The highest BCUT2D eigenvalue weighted by molar-refractivity contribution is 6.05. The molecule has 196 valence electrons. The van der Waals surface area contributed by atoms with Crippen molar-refractivity contribution in [1.82, 2.24) is 25.3 Å². The molecule has 1 aliphatic carbocycles. The number of benzene rings is 2. The Labute approximate surface area is 217 Å². The van der Waals surface area contributed by atoms with Gasteiger partial charge in [0.2, 0.25) is 11.8 Å². The van der Waals surface area contributed by atoms with Gasteiger partial charge in [0, 0.05) is 43.3 Å². The van der Waals surface area contributed by atoms with E-state index in [1.54, 1.807) is 6.07 Å². The van der Waals surface area contributed by atoms with Gasteiger partial charge in [-0.1, -0.05) is 30.3 Å². The first kappa shape index (κ1) is 24.1. The Morgan fingerprint density at radius 3 is 2.82 bits per heavy atom. The smallest absolute Gasteiger partial charge is 0.407 e. The number of hydrogen-bond acceptors (Lipinski definition) is 6. The number of para-hydroxylation sites is 1. The number of hydrogen-bond donors (Lipinski definition) is 2. The molecular formula is C27H26FN5O5. The fourth-order valence-corrected chi connectivity index (χ4v) is 5.54. The van der Waals surface area contributed by atoms with Crippen molar-refractivity contribution in [2.24, 2.45) is 0 Å². The summed E-state index contributed by atoms with van der Waals surface area (Å²) in [4.78, 5) is 50.3. The quantitative estimate of drug-likeness (QED) is 0.500. The number of rotatable bonds is 5. The molecule has 0 unspecified atom stereocenters. The van der Waals surface area contributed by atoms with Gasteiger partial charge in [-0.2, -0.15) is 5.10 Å². The maximum atomic E-state index is 15.3. The van der Waals surface area contributed by atoms with Crippen LogP contribution in [0.25, 0.3) is 10.9 Å². The van der Waals surface area contributed by atoms with Gasteiger partial charge >= 0.3 is 6.09 Å². The van der Waals surface area contributed by atoms with E-state index in [0.29, 0.717) is 18.4 Å². The lowest BCUT2D eigenvalue weighted by atomic mass is 9.89. The number of fused-ring (bicyclic) bond motifs is 2. The highest BCUT2D eigenvalue weighted by Gasteiger charge is 2.41. The zero-order valence-corrected chi connectivity index (χ0v) is 20.7. The number of nitrogens with zero attached hydrogens (tertiary/aromatic N) is 3. The average Bonchev–Trinajstić information content (AvgIpc) is 3.43. The SMILES string of the molecule is Cc1cccc2cnn(C3CC(OC(=O)NCc4ccc5c(c4F)C(=O)N([C@H]4CCC(=O)NC4=O)C5)C3)c12. The Bertz CT molecular complexity index is 1490. The molecule has 0 bridgehead atoms. The van der Waals surface area contributed by atoms with Crippen LogP contribution in [0.1, 0.15) is 58.8 Å². The van der Waals surface area contributed by atoms with E-state index in [1.165, 1.54) is 11.0 Å². The standard InChI is InChI=1S/C27H26FN5O5/c1-14-3-2-4-16-12-30-33(24(14)16)18-9-19(10-18)38-27(37)29-11-15-5-6-17-13-32(26(36)22(17)23(15)28)20-7-8-21(34)31-25(20)35/h2-6,12,18-20H,7-11,13H2,1H3,(H,29,37)(H,31,34,35)/t18?,19?,20-/m0/s1. The Morgan fingerprint density at radius 1 is 1.21 bits per heavy atom. The molecule has 3 heterocycles. The molecule has 1 atom stereocenters. The van der Waals surface area contributed by atoms with E-state index in [4.69, 9.17) is 4.74 Å². The van der Waals surface area contributed by atoms with E-state index in [-0.39, 0.29) is 55.1 Å². The summed E-state index contributed by atoms with van der Waals surface area (Å²) in [7, 11) is 0. The fourth-order valence-electron chi connectivity index (χ4n) is 5.54. The Kier molecular flexibility index (Phi) is 5.85. The number of carbonyl (C=O) groups excluding carboxylic acids is 4. The lowest BCUT2D eigenvalue weighted by Gasteiger charge is -2.35. The van der Waals surface area contributed by atoms with Crippen LogP contribution in [0, 0.1) is 12.7 Å². The minimum Gasteiger partial charge on any atom is -0.446 e. The summed E-state index contributed by atoms with van der Waals surface area (Å²) in [6.07, 6.45) is 2.50. The summed E-state index contributed by atoms with van der Waals surface area (Å²) in [5.41, 5.74) is 2.72. The molecule has 1 aromatic heterocycles. The van der Waals surface area contributed by atoms with Crippen molar-refractivity contribution in [1.29, 1.82) is 0 Å². The van der Waals surface area contributed by atoms with E-state index in [0.717, 1.165) is 16.5 Å². The summed E-state index contributed by atoms with van der Waals surface area (Å²) < 4.78 is 22.8. The number of imide groups is 1. The Hall–Kier alpha value is -4.28. The van der Waals surface area contributed by atoms with Crippen molar-refractivity contribution >= 4 is 34.7 Å². The number of nitrogens with one attached hydrogen (secondary N) is 2. The van der Waals surface area contributed by atoms with Gasteiger partial charge in [0.05, 0.1) is 23.3 Å². The molecule has 0 radical (unpaired) electrons. The second-order valence-corrected chi connectivity index (χ2v) is 10.1. The molecule has 4 amide bonds. The van der Waals surface area contributed by atoms with Crippen molar-refractivity contribution in [2.75, 3.05) is 0 Å². The molecule has 6 rings (SSSR count). The van der Waals surface area contributed by atoms with E-state index in [2.05, 4.69) is 15.7 Å². The van der Waals surface area contributed by atoms with Crippen LogP contribution in [-0.4, -0.2) is 50.6 Å². The van der Waals surface area contributed by atoms with E-state index in [1.807, 2.05) is 36.0 Å². The van der Waals surface area contributed by atoms with E-state index in [9.17, 15) is 19.2 Å². The molecule has 3 aliphatic rings. The highest BCUT2D eigenvalue weighted by Crippen LogP contribution is 2.37. The number of carbonyl (C=O) groups is 4. The van der Waals surface area contributed by atoms with Gasteiger partial charge in [-0.15, -0.1) is 0 Å². The number of aromatic nitrogens is 2. The minimum atomic E-state index is -0.821. The molecule has 2 aromatic carbocycles. The van der Waals surface area contributed by atoms with Crippen LogP contribution in [0.4, 0.5) is 9.18 Å². The normalized spacial score (nSPS) is 22.7. The fraction of sp³-hybridized carbons (Fsp3) is 0.370.